The maximum absolute atomic E-state index is 12.4. The van der Waals surface area contributed by atoms with E-state index in [2.05, 4.69) is 16.0 Å². The molecule has 2 N–H and O–H groups in total. The minimum Gasteiger partial charge on any atom is -0.370 e. The number of carbonyl (C=O) groups excluding carboxylic acids is 1. The summed E-state index contributed by atoms with van der Waals surface area (Å²) in [5, 5.41) is 9.58. The van der Waals surface area contributed by atoms with Crippen LogP contribution in [0.4, 0.5) is 0 Å². The number of allylic oxidation sites excluding steroid dienone is 1. The van der Waals surface area contributed by atoms with E-state index in [0.29, 0.717) is 17.5 Å². The molecule has 1 saturated heterocycles. The van der Waals surface area contributed by atoms with Crippen molar-refractivity contribution >= 4 is 11.5 Å². The Morgan fingerprint density at radius 2 is 2.04 bits per heavy atom. The molecule has 5 nitrogen and oxygen atoms in total. The number of hydrogen-bond acceptors (Lipinski definition) is 5. The van der Waals surface area contributed by atoms with E-state index in [9.17, 15) is 10.1 Å². The second-order valence-electron chi connectivity index (χ2n) is 7.31. The average molecular weight is 322 g/mol. The molecule has 2 aliphatic carbocycles. The number of rotatable bonds is 2. The van der Waals surface area contributed by atoms with Gasteiger partial charge in [0.2, 0.25) is 0 Å². The number of nitrogens with two attached hydrogens (primary N) is 1. The smallest absolute Gasteiger partial charge is 0.179 e. The van der Waals surface area contributed by atoms with Gasteiger partial charge in [0.1, 0.15) is 11.6 Å². The Kier molecular flexibility index (Phi) is 3.65. The summed E-state index contributed by atoms with van der Waals surface area (Å²) in [5.41, 5.74) is 10.1. The summed E-state index contributed by atoms with van der Waals surface area (Å²) in [6, 6.07) is 4.13. The molecule has 0 aromatic carbocycles. The van der Waals surface area contributed by atoms with Crippen LogP contribution in [0.1, 0.15) is 48.9 Å². The monoisotopic (exact) mass is 322 g/mol. The number of carbonyl (C=O) groups is 1. The predicted molar refractivity (Wildman–Crippen MR) is 90.5 cm³/mol. The van der Waals surface area contributed by atoms with E-state index in [0.717, 1.165) is 48.4 Å². The fraction of sp³-hybridized carbons (Fsp3) is 0.526. The highest BCUT2D eigenvalue weighted by Gasteiger charge is 2.41. The topological polar surface area (TPSA) is 83.0 Å². The molecule has 124 valence electrons. The lowest BCUT2D eigenvalue weighted by molar-refractivity contribution is -0.114. The van der Waals surface area contributed by atoms with E-state index in [1.165, 1.54) is 19.3 Å². The molecule has 2 fully saturated rings. The third kappa shape index (κ3) is 2.33. The fourth-order valence-electron chi connectivity index (χ4n) is 4.35. The summed E-state index contributed by atoms with van der Waals surface area (Å²) in [4.78, 5) is 19.0. The van der Waals surface area contributed by atoms with Crippen molar-refractivity contribution in [1.82, 2.24) is 9.88 Å². The molecule has 3 aliphatic rings. The quantitative estimate of drug-likeness (QED) is 0.902. The number of ketones is 1. The largest absolute Gasteiger partial charge is 0.370 e. The van der Waals surface area contributed by atoms with Crippen LogP contribution in [0.5, 0.6) is 0 Å². The molecule has 0 unspecified atom stereocenters. The van der Waals surface area contributed by atoms with Crippen LogP contribution in [-0.2, 0) is 17.8 Å². The van der Waals surface area contributed by atoms with Gasteiger partial charge < -0.3 is 10.6 Å². The number of fused-ring (bicyclic) bond motifs is 1. The van der Waals surface area contributed by atoms with Gasteiger partial charge in [0, 0.05) is 37.8 Å². The summed E-state index contributed by atoms with van der Waals surface area (Å²) < 4.78 is 0. The van der Waals surface area contributed by atoms with E-state index in [1.807, 2.05) is 6.07 Å². The van der Waals surface area contributed by atoms with Crippen molar-refractivity contribution in [1.29, 1.82) is 5.26 Å². The molecule has 2 heterocycles. The first-order chi connectivity index (χ1) is 11.7. The second-order valence-corrected chi connectivity index (χ2v) is 7.31. The van der Waals surface area contributed by atoms with Gasteiger partial charge in [0.05, 0.1) is 11.4 Å². The normalized spacial score (nSPS) is 22.2. The zero-order valence-electron chi connectivity index (χ0n) is 13.8. The number of nitrogens with zero attached hydrogens (tertiary/aromatic N) is 3. The summed E-state index contributed by atoms with van der Waals surface area (Å²) in [6.45, 7) is 2.21. The van der Waals surface area contributed by atoms with Crippen LogP contribution in [0.15, 0.2) is 17.8 Å². The van der Waals surface area contributed by atoms with Gasteiger partial charge in [-0.15, -0.1) is 0 Å². The Hall–Kier alpha value is -2.19. The molecule has 1 aliphatic heterocycles. The number of pyridine rings is 1. The van der Waals surface area contributed by atoms with Crippen molar-refractivity contribution in [3.63, 3.8) is 0 Å². The molecule has 5 heteroatoms. The fourth-order valence-corrected chi connectivity index (χ4v) is 4.35. The first-order valence-electron chi connectivity index (χ1n) is 8.76. The summed E-state index contributed by atoms with van der Waals surface area (Å²) in [6.07, 6.45) is 8.35. The van der Waals surface area contributed by atoms with Crippen molar-refractivity contribution in [2.45, 2.75) is 45.1 Å². The molecule has 0 radical (unpaired) electrons. The van der Waals surface area contributed by atoms with Gasteiger partial charge in [-0.3, -0.25) is 9.78 Å². The predicted octanol–water partition coefficient (Wildman–Crippen LogP) is 2.17. The molecule has 0 atom stereocenters. The molecule has 1 aromatic heterocycles. The Morgan fingerprint density at radius 3 is 2.62 bits per heavy atom. The van der Waals surface area contributed by atoms with Gasteiger partial charge in [-0.25, -0.2) is 0 Å². The minimum absolute atomic E-state index is 0.0915. The molecule has 1 saturated carbocycles. The Bertz CT molecular complexity index is 760. The third-order valence-electron chi connectivity index (χ3n) is 6.04. The number of likely N-dealkylation sites (tertiary alicyclic amines) is 1. The van der Waals surface area contributed by atoms with Crippen LogP contribution in [0.2, 0.25) is 0 Å². The molecule has 24 heavy (non-hydrogen) atoms. The molecule has 0 amide bonds. The van der Waals surface area contributed by atoms with Gasteiger partial charge in [0.15, 0.2) is 5.78 Å². The molecule has 1 spiro atoms. The van der Waals surface area contributed by atoms with Crippen molar-refractivity contribution in [3.05, 3.63) is 34.7 Å². The van der Waals surface area contributed by atoms with Crippen LogP contribution in [0, 0.1) is 16.7 Å². The lowest BCUT2D eigenvalue weighted by Gasteiger charge is -2.49. The van der Waals surface area contributed by atoms with E-state index in [4.69, 9.17) is 5.73 Å². The number of aromatic nitrogens is 1. The van der Waals surface area contributed by atoms with Crippen molar-refractivity contribution in [2.24, 2.45) is 11.1 Å². The minimum atomic E-state index is -0.0915. The summed E-state index contributed by atoms with van der Waals surface area (Å²) in [7, 11) is 0. The van der Waals surface area contributed by atoms with Crippen molar-refractivity contribution < 1.29 is 4.79 Å². The van der Waals surface area contributed by atoms with E-state index in [1.54, 1.807) is 6.20 Å². The highest BCUT2D eigenvalue weighted by atomic mass is 16.1. The number of hydrogen-bond donors (Lipinski definition) is 1. The van der Waals surface area contributed by atoms with Gasteiger partial charge in [-0.05, 0) is 42.7 Å². The Labute approximate surface area is 142 Å². The maximum atomic E-state index is 12.4. The molecular formula is C19H22N4O. The van der Waals surface area contributed by atoms with Gasteiger partial charge in [-0.1, -0.05) is 6.42 Å². The van der Waals surface area contributed by atoms with Gasteiger partial charge >= 0.3 is 0 Å². The third-order valence-corrected chi connectivity index (χ3v) is 6.04. The lowest BCUT2D eigenvalue weighted by atomic mass is 9.63. The van der Waals surface area contributed by atoms with E-state index < -0.39 is 0 Å². The molecule has 0 bridgehead atoms. The Balaban J connectivity index is 1.73. The zero-order valence-corrected chi connectivity index (χ0v) is 13.8. The molecule has 1 aromatic rings. The maximum Gasteiger partial charge on any atom is 0.179 e. The van der Waals surface area contributed by atoms with Crippen LogP contribution in [-0.4, -0.2) is 28.8 Å². The standard InChI is InChI=1S/C19H22N4O/c20-10-14-9-15-13(12-22-14)8-17(24)16(11-21)18(15)23-6-4-19(5-7-23)2-1-3-19/h9,12H,1-8,10,20H2. The van der Waals surface area contributed by atoms with Crippen LogP contribution in [0.3, 0.4) is 0 Å². The van der Waals surface area contributed by atoms with Crippen LogP contribution < -0.4 is 5.73 Å². The van der Waals surface area contributed by atoms with Gasteiger partial charge in [0.25, 0.3) is 0 Å². The Morgan fingerprint density at radius 1 is 1.29 bits per heavy atom. The first kappa shape index (κ1) is 15.3. The zero-order chi connectivity index (χ0) is 16.7. The number of piperidine rings is 1. The molecular weight excluding hydrogens is 300 g/mol. The lowest BCUT2D eigenvalue weighted by Crippen LogP contribution is -2.43. The average Bonchev–Trinajstić information content (AvgIpc) is 2.59. The SMILES string of the molecule is N#CC1=C(N2CCC3(CCC3)CC2)c2cc(CN)ncc2CC1=O. The molecule has 4 rings (SSSR count). The van der Waals surface area contributed by atoms with Crippen molar-refractivity contribution in [2.75, 3.05) is 13.1 Å². The van der Waals surface area contributed by atoms with Gasteiger partial charge in [-0.2, -0.15) is 5.26 Å². The van der Waals surface area contributed by atoms with E-state index in [-0.39, 0.29) is 12.2 Å². The van der Waals surface area contributed by atoms with Crippen molar-refractivity contribution in [3.8, 4) is 6.07 Å². The summed E-state index contributed by atoms with van der Waals surface area (Å²) in [5.74, 6) is -0.0915. The van der Waals surface area contributed by atoms with Crippen LogP contribution >= 0.6 is 0 Å². The highest BCUT2D eigenvalue weighted by molar-refractivity contribution is 6.09. The summed E-state index contributed by atoms with van der Waals surface area (Å²) >= 11 is 0. The number of Topliss-reactive ketones (excluding diaryl/α,β-unsaturated/α-hetero) is 1. The first-order valence-corrected chi connectivity index (χ1v) is 8.76. The van der Waals surface area contributed by atoms with E-state index >= 15 is 0 Å². The second kappa shape index (κ2) is 5.71. The van der Waals surface area contributed by atoms with Crippen LogP contribution in [0.25, 0.3) is 5.70 Å². The highest BCUT2D eigenvalue weighted by Crippen LogP contribution is 2.50. The number of nitriles is 1.